The summed E-state index contributed by atoms with van der Waals surface area (Å²) in [4.78, 5) is 31.2. The van der Waals surface area contributed by atoms with Crippen molar-refractivity contribution in [1.82, 2.24) is 19.5 Å². The lowest BCUT2D eigenvalue weighted by Crippen LogP contribution is -2.48. The SMILES string of the molecule is O=c1cccc2n1CC1CC2CN(c2nc(Nc3ccc(Cl)cc3)nc(N3CCOCC3)n2)C1. The average molecular weight is 480 g/mol. The Morgan fingerprint density at radius 1 is 0.912 bits per heavy atom. The molecule has 1 aromatic carbocycles. The molecule has 2 bridgehead atoms. The Morgan fingerprint density at radius 2 is 1.68 bits per heavy atom. The number of ether oxygens (including phenoxy) is 1. The van der Waals surface area contributed by atoms with Gasteiger partial charge in [-0.1, -0.05) is 17.7 Å². The van der Waals surface area contributed by atoms with Crippen molar-refractivity contribution < 1.29 is 4.74 Å². The average Bonchev–Trinajstić information content (AvgIpc) is 2.86. The van der Waals surface area contributed by atoms with Gasteiger partial charge in [0.25, 0.3) is 5.56 Å². The summed E-state index contributed by atoms with van der Waals surface area (Å²) in [5, 5.41) is 3.99. The minimum absolute atomic E-state index is 0.0878. The summed E-state index contributed by atoms with van der Waals surface area (Å²) in [6.07, 6.45) is 1.08. The Morgan fingerprint density at radius 3 is 2.47 bits per heavy atom. The van der Waals surface area contributed by atoms with Gasteiger partial charge in [-0.05, 0) is 42.7 Å². The van der Waals surface area contributed by atoms with E-state index in [0.717, 1.165) is 50.5 Å². The Hall–Kier alpha value is -3.17. The summed E-state index contributed by atoms with van der Waals surface area (Å²) >= 11 is 6.04. The van der Waals surface area contributed by atoms with Crippen molar-refractivity contribution in [2.75, 3.05) is 54.5 Å². The molecule has 0 spiro atoms. The first-order valence-electron chi connectivity index (χ1n) is 11.7. The molecule has 9 nitrogen and oxygen atoms in total. The lowest BCUT2D eigenvalue weighted by atomic mass is 9.83. The fraction of sp³-hybridized carbons (Fsp3) is 0.417. The molecule has 3 aromatic rings. The van der Waals surface area contributed by atoms with E-state index in [9.17, 15) is 4.79 Å². The molecule has 2 atom stereocenters. The van der Waals surface area contributed by atoms with Gasteiger partial charge in [0.2, 0.25) is 17.8 Å². The van der Waals surface area contributed by atoms with Gasteiger partial charge in [-0.3, -0.25) is 4.79 Å². The molecule has 10 heteroatoms. The molecule has 5 heterocycles. The maximum absolute atomic E-state index is 12.4. The fourth-order valence-electron chi connectivity index (χ4n) is 5.18. The smallest absolute Gasteiger partial charge is 0.250 e. The quantitative estimate of drug-likeness (QED) is 0.611. The Bertz CT molecular complexity index is 1240. The second kappa shape index (κ2) is 8.88. The van der Waals surface area contributed by atoms with Crippen LogP contribution in [0.25, 0.3) is 0 Å². The highest BCUT2D eigenvalue weighted by atomic mass is 35.5. The largest absolute Gasteiger partial charge is 0.378 e. The summed E-state index contributed by atoms with van der Waals surface area (Å²) < 4.78 is 7.46. The van der Waals surface area contributed by atoms with Crippen molar-refractivity contribution in [3.63, 3.8) is 0 Å². The van der Waals surface area contributed by atoms with Crippen LogP contribution < -0.4 is 20.7 Å². The third-order valence-corrected chi connectivity index (χ3v) is 7.02. The topological polar surface area (TPSA) is 88.4 Å². The van der Waals surface area contributed by atoms with Crippen LogP contribution in [-0.2, 0) is 11.3 Å². The summed E-state index contributed by atoms with van der Waals surface area (Å²) in [7, 11) is 0. The van der Waals surface area contributed by atoms with Gasteiger partial charge < -0.3 is 24.4 Å². The van der Waals surface area contributed by atoms with Gasteiger partial charge in [-0.15, -0.1) is 0 Å². The lowest BCUT2D eigenvalue weighted by Gasteiger charge is -2.42. The highest BCUT2D eigenvalue weighted by molar-refractivity contribution is 6.30. The molecule has 0 aliphatic carbocycles. The number of halogens is 1. The van der Waals surface area contributed by atoms with Crippen LogP contribution in [0.1, 0.15) is 18.0 Å². The van der Waals surface area contributed by atoms with Crippen molar-refractivity contribution in [1.29, 1.82) is 0 Å². The number of hydrogen-bond acceptors (Lipinski definition) is 8. The third-order valence-electron chi connectivity index (χ3n) is 6.77. The van der Waals surface area contributed by atoms with E-state index in [-0.39, 0.29) is 11.5 Å². The van der Waals surface area contributed by atoms with Crippen LogP contribution in [0.4, 0.5) is 23.5 Å². The predicted octanol–water partition coefficient (Wildman–Crippen LogP) is 2.89. The molecular weight excluding hydrogens is 454 g/mol. The highest BCUT2D eigenvalue weighted by Gasteiger charge is 2.36. The van der Waals surface area contributed by atoms with E-state index in [1.54, 1.807) is 6.07 Å². The van der Waals surface area contributed by atoms with Gasteiger partial charge in [-0.2, -0.15) is 15.0 Å². The molecule has 2 saturated heterocycles. The molecule has 0 saturated carbocycles. The second-order valence-electron chi connectivity index (χ2n) is 9.09. The summed E-state index contributed by atoms with van der Waals surface area (Å²) in [6.45, 7) is 5.11. The first kappa shape index (κ1) is 21.4. The van der Waals surface area contributed by atoms with Crippen LogP contribution in [-0.4, -0.2) is 58.9 Å². The van der Waals surface area contributed by atoms with Crippen LogP contribution in [0.15, 0.2) is 47.3 Å². The number of nitrogens with one attached hydrogen (secondary N) is 1. The van der Waals surface area contributed by atoms with Gasteiger partial charge in [0.05, 0.1) is 13.2 Å². The predicted molar refractivity (Wildman–Crippen MR) is 131 cm³/mol. The number of anilines is 4. The molecule has 2 unspecified atom stereocenters. The van der Waals surface area contributed by atoms with E-state index < -0.39 is 0 Å². The first-order chi connectivity index (χ1) is 16.6. The Labute approximate surface area is 202 Å². The summed E-state index contributed by atoms with van der Waals surface area (Å²) in [6, 6.07) is 13.1. The van der Waals surface area contributed by atoms with E-state index in [4.69, 9.17) is 31.3 Å². The van der Waals surface area contributed by atoms with Crippen LogP contribution in [0, 0.1) is 5.92 Å². The summed E-state index contributed by atoms with van der Waals surface area (Å²) in [5.41, 5.74) is 2.05. The zero-order chi connectivity index (χ0) is 23.1. The van der Waals surface area contributed by atoms with Crippen LogP contribution >= 0.6 is 11.6 Å². The molecular formula is C24H26ClN7O2. The standard InChI is InChI=1S/C24H26ClN7O2/c25-18-4-6-19(7-5-18)26-22-27-23(30-8-10-34-11-9-30)29-24(28-22)31-13-16-12-17(15-31)20-2-1-3-21(33)32(20)14-16/h1-7,16-17H,8-15H2,(H,26,27,28,29). The van der Waals surface area contributed by atoms with Crippen molar-refractivity contribution in [2.45, 2.75) is 18.9 Å². The van der Waals surface area contributed by atoms with E-state index in [0.29, 0.717) is 42.0 Å². The molecule has 3 aliphatic heterocycles. The zero-order valence-corrected chi connectivity index (χ0v) is 19.5. The molecule has 1 N–H and O–H groups in total. The van der Waals surface area contributed by atoms with Gasteiger partial charge in [0.1, 0.15) is 0 Å². The minimum atomic E-state index is 0.0878. The summed E-state index contributed by atoms with van der Waals surface area (Å²) in [5.74, 6) is 2.47. The van der Waals surface area contributed by atoms with E-state index in [1.807, 2.05) is 34.9 Å². The molecule has 0 radical (unpaired) electrons. The number of hydrogen-bond donors (Lipinski definition) is 1. The zero-order valence-electron chi connectivity index (χ0n) is 18.7. The molecule has 2 aromatic heterocycles. The molecule has 3 aliphatic rings. The minimum Gasteiger partial charge on any atom is -0.378 e. The Kier molecular flexibility index (Phi) is 5.58. The fourth-order valence-corrected chi connectivity index (χ4v) is 5.30. The monoisotopic (exact) mass is 479 g/mol. The molecule has 34 heavy (non-hydrogen) atoms. The normalized spacial score (nSPS) is 21.8. The lowest BCUT2D eigenvalue weighted by molar-refractivity contribution is 0.122. The van der Waals surface area contributed by atoms with Gasteiger partial charge >= 0.3 is 0 Å². The van der Waals surface area contributed by atoms with Crippen molar-refractivity contribution >= 4 is 35.1 Å². The van der Waals surface area contributed by atoms with Gasteiger partial charge in [0.15, 0.2) is 0 Å². The van der Waals surface area contributed by atoms with Crippen LogP contribution in [0.3, 0.4) is 0 Å². The van der Waals surface area contributed by atoms with Gasteiger partial charge in [-0.25, -0.2) is 0 Å². The number of nitrogens with zero attached hydrogens (tertiary/aromatic N) is 6. The van der Waals surface area contributed by atoms with Gasteiger partial charge in [0, 0.05) is 61.1 Å². The maximum atomic E-state index is 12.4. The highest BCUT2D eigenvalue weighted by Crippen LogP contribution is 2.36. The van der Waals surface area contributed by atoms with Crippen molar-refractivity contribution in [3.05, 3.63) is 63.5 Å². The van der Waals surface area contributed by atoms with Crippen LogP contribution in [0.5, 0.6) is 0 Å². The number of fused-ring (bicyclic) bond motifs is 4. The number of morpholine rings is 1. The third kappa shape index (κ3) is 4.21. The maximum Gasteiger partial charge on any atom is 0.250 e. The van der Waals surface area contributed by atoms with E-state index in [2.05, 4.69) is 21.2 Å². The number of benzene rings is 1. The van der Waals surface area contributed by atoms with Crippen molar-refractivity contribution in [2.24, 2.45) is 5.92 Å². The molecule has 2 fully saturated rings. The number of aromatic nitrogens is 4. The number of pyridine rings is 1. The molecule has 6 rings (SSSR count). The van der Waals surface area contributed by atoms with E-state index >= 15 is 0 Å². The second-order valence-corrected chi connectivity index (χ2v) is 9.53. The first-order valence-corrected chi connectivity index (χ1v) is 12.1. The molecule has 176 valence electrons. The van der Waals surface area contributed by atoms with E-state index in [1.165, 1.54) is 0 Å². The van der Waals surface area contributed by atoms with Crippen molar-refractivity contribution in [3.8, 4) is 0 Å². The number of rotatable bonds is 4. The number of piperidine rings is 1. The Balaban J connectivity index is 1.33. The molecule has 0 amide bonds. The van der Waals surface area contributed by atoms with Crippen LogP contribution in [0.2, 0.25) is 5.02 Å².